The summed E-state index contributed by atoms with van der Waals surface area (Å²) in [5.41, 5.74) is 0.844. The predicted octanol–water partition coefficient (Wildman–Crippen LogP) is 0.905. The summed E-state index contributed by atoms with van der Waals surface area (Å²) >= 11 is 0. The maximum atomic E-state index is 12.1. The number of hydrogen-bond donors (Lipinski definition) is 2. The molecule has 1 amide bonds. The average Bonchev–Trinajstić information content (AvgIpc) is 2.65. The third-order valence-electron chi connectivity index (χ3n) is 3.61. The molecule has 0 aliphatic rings. The highest BCUT2D eigenvalue weighted by atomic mass is 16.5. The van der Waals surface area contributed by atoms with Crippen LogP contribution in [0.2, 0.25) is 0 Å². The average molecular weight is 395 g/mol. The Morgan fingerprint density at radius 1 is 1.04 bits per heavy atom. The lowest BCUT2D eigenvalue weighted by molar-refractivity contribution is -0.160. The lowest BCUT2D eigenvalue weighted by Gasteiger charge is -2.22. The summed E-state index contributed by atoms with van der Waals surface area (Å²) in [4.78, 5) is 47.6. The van der Waals surface area contributed by atoms with Gasteiger partial charge in [-0.15, -0.1) is 0 Å². The van der Waals surface area contributed by atoms with E-state index < -0.39 is 48.8 Å². The molecule has 1 aromatic rings. The van der Waals surface area contributed by atoms with E-state index in [0.29, 0.717) is 0 Å². The van der Waals surface area contributed by atoms with E-state index in [0.717, 1.165) is 5.56 Å². The third kappa shape index (κ3) is 8.17. The van der Waals surface area contributed by atoms with E-state index in [1.165, 1.54) is 0 Å². The third-order valence-corrected chi connectivity index (χ3v) is 3.61. The van der Waals surface area contributed by atoms with Crippen molar-refractivity contribution in [3.05, 3.63) is 35.9 Å². The van der Waals surface area contributed by atoms with E-state index in [2.05, 4.69) is 5.32 Å². The van der Waals surface area contributed by atoms with Gasteiger partial charge < -0.3 is 24.6 Å². The Labute approximate surface area is 163 Å². The fourth-order valence-corrected chi connectivity index (χ4v) is 2.37. The summed E-state index contributed by atoms with van der Waals surface area (Å²) in [5, 5.41) is 11.7. The van der Waals surface area contributed by atoms with Crippen LogP contribution in [0.15, 0.2) is 30.3 Å². The molecule has 1 aromatic carbocycles. The Balaban J connectivity index is 2.73. The molecule has 2 N–H and O–H groups in total. The molecule has 0 spiro atoms. The van der Waals surface area contributed by atoms with E-state index in [1.54, 1.807) is 13.8 Å². The first kappa shape index (κ1) is 23.1. The summed E-state index contributed by atoms with van der Waals surface area (Å²) in [7, 11) is 0. The van der Waals surface area contributed by atoms with Gasteiger partial charge in [0.05, 0.1) is 32.2 Å². The van der Waals surface area contributed by atoms with Gasteiger partial charge in [-0.2, -0.15) is 0 Å². The minimum absolute atomic E-state index is 0.00136. The minimum Gasteiger partial charge on any atom is -0.480 e. The summed E-state index contributed by atoms with van der Waals surface area (Å²) in [6.07, 6.45) is -0.533. The van der Waals surface area contributed by atoms with Crippen LogP contribution < -0.4 is 5.32 Å². The number of esters is 2. The Morgan fingerprint density at radius 2 is 1.68 bits per heavy atom. The second-order valence-electron chi connectivity index (χ2n) is 5.73. The Kier molecular flexibility index (Phi) is 10.3. The molecule has 1 rings (SSSR count). The number of benzene rings is 1. The molecule has 0 heterocycles. The molecule has 0 bridgehead atoms. The molecule has 154 valence electrons. The Bertz CT molecular complexity index is 661. The van der Waals surface area contributed by atoms with Crippen LogP contribution in [0.5, 0.6) is 0 Å². The molecule has 9 nitrogen and oxygen atoms in total. The second kappa shape index (κ2) is 12.4. The zero-order valence-electron chi connectivity index (χ0n) is 15.9. The van der Waals surface area contributed by atoms with E-state index >= 15 is 0 Å². The molecule has 0 aliphatic heterocycles. The van der Waals surface area contributed by atoms with Crippen molar-refractivity contribution >= 4 is 23.8 Å². The number of ether oxygens (including phenoxy) is 3. The predicted molar refractivity (Wildman–Crippen MR) is 97.0 cm³/mol. The molecule has 0 radical (unpaired) electrons. The number of nitrogens with one attached hydrogen (secondary N) is 1. The summed E-state index contributed by atoms with van der Waals surface area (Å²) in [5.74, 6) is -5.30. The zero-order chi connectivity index (χ0) is 20.9. The topological polar surface area (TPSA) is 128 Å². The van der Waals surface area contributed by atoms with Crippen LogP contribution in [0.3, 0.4) is 0 Å². The molecule has 0 fully saturated rings. The van der Waals surface area contributed by atoms with Crippen LogP contribution in [0, 0.1) is 5.92 Å². The number of carbonyl (C=O) groups is 4. The van der Waals surface area contributed by atoms with Crippen molar-refractivity contribution in [2.75, 3.05) is 19.8 Å². The van der Waals surface area contributed by atoms with Crippen LogP contribution in [0.4, 0.5) is 0 Å². The quantitative estimate of drug-likeness (QED) is 0.500. The number of carbonyl (C=O) groups excluding carboxylic acids is 3. The van der Waals surface area contributed by atoms with Gasteiger partial charge in [0.15, 0.2) is 0 Å². The van der Waals surface area contributed by atoms with E-state index in [9.17, 15) is 24.3 Å². The van der Waals surface area contributed by atoms with Crippen molar-refractivity contribution in [2.45, 2.75) is 32.9 Å². The summed E-state index contributed by atoms with van der Waals surface area (Å²) in [6.45, 7) is 2.96. The fraction of sp³-hybridized carbons (Fsp3) is 0.474. The molecule has 2 atom stereocenters. The number of rotatable bonds is 12. The van der Waals surface area contributed by atoms with Gasteiger partial charge in [-0.05, 0) is 19.4 Å². The summed E-state index contributed by atoms with van der Waals surface area (Å²) in [6, 6.07) is 7.45. The van der Waals surface area contributed by atoms with Crippen molar-refractivity contribution in [3.63, 3.8) is 0 Å². The maximum absolute atomic E-state index is 12.1. The summed E-state index contributed by atoms with van der Waals surface area (Å²) < 4.78 is 14.9. The number of carboxylic acid groups (broad SMARTS) is 1. The van der Waals surface area contributed by atoms with E-state index in [4.69, 9.17) is 14.2 Å². The molecule has 0 aromatic heterocycles. The number of aliphatic carboxylic acids is 1. The largest absolute Gasteiger partial charge is 0.480 e. The second-order valence-corrected chi connectivity index (χ2v) is 5.73. The lowest BCUT2D eigenvalue weighted by atomic mass is 9.96. The van der Waals surface area contributed by atoms with Crippen LogP contribution >= 0.6 is 0 Å². The van der Waals surface area contributed by atoms with Crippen molar-refractivity contribution < 1.29 is 38.5 Å². The first-order valence-corrected chi connectivity index (χ1v) is 8.85. The molecule has 0 unspecified atom stereocenters. The van der Waals surface area contributed by atoms with Gasteiger partial charge in [0.25, 0.3) is 0 Å². The normalized spacial score (nSPS) is 12.5. The van der Waals surface area contributed by atoms with E-state index in [-0.39, 0.29) is 19.8 Å². The van der Waals surface area contributed by atoms with Crippen molar-refractivity contribution in [2.24, 2.45) is 5.92 Å². The van der Waals surface area contributed by atoms with Crippen LogP contribution in [0.25, 0.3) is 0 Å². The van der Waals surface area contributed by atoms with Crippen LogP contribution in [-0.4, -0.2) is 54.8 Å². The van der Waals surface area contributed by atoms with E-state index in [1.807, 2.05) is 30.3 Å². The smallest absolute Gasteiger partial charge is 0.327 e. The lowest BCUT2D eigenvalue weighted by Crippen LogP contribution is -2.50. The highest BCUT2D eigenvalue weighted by Crippen LogP contribution is 2.14. The van der Waals surface area contributed by atoms with Crippen molar-refractivity contribution in [1.29, 1.82) is 0 Å². The van der Waals surface area contributed by atoms with Gasteiger partial charge in [-0.25, -0.2) is 4.79 Å². The molecule has 9 heteroatoms. The Hall–Kier alpha value is -2.94. The van der Waals surface area contributed by atoms with Crippen LogP contribution in [0.1, 0.15) is 25.8 Å². The number of hydrogen-bond acceptors (Lipinski definition) is 7. The van der Waals surface area contributed by atoms with Gasteiger partial charge in [0.1, 0.15) is 12.6 Å². The zero-order valence-corrected chi connectivity index (χ0v) is 15.9. The van der Waals surface area contributed by atoms with Gasteiger partial charge in [0.2, 0.25) is 5.91 Å². The van der Waals surface area contributed by atoms with Crippen LogP contribution in [-0.2, 0) is 40.0 Å². The first-order valence-electron chi connectivity index (χ1n) is 8.85. The van der Waals surface area contributed by atoms with Crippen molar-refractivity contribution in [3.8, 4) is 0 Å². The number of carboxylic acids is 1. The minimum atomic E-state index is -1.66. The molecule has 28 heavy (non-hydrogen) atoms. The number of amides is 1. The highest BCUT2D eigenvalue weighted by molar-refractivity contribution is 5.90. The maximum Gasteiger partial charge on any atom is 0.327 e. The fourth-order valence-electron chi connectivity index (χ4n) is 2.37. The highest BCUT2D eigenvalue weighted by Gasteiger charge is 2.38. The molecule has 0 saturated heterocycles. The van der Waals surface area contributed by atoms with Crippen molar-refractivity contribution in [1.82, 2.24) is 5.32 Å². The molecular formula is C19H25NO8. The molecular weight excluding hydrogens is 370 g/mol. The van der Waals surface area contributed by atoms with Gasteiger partial charge in [-0.3, -0.25) is 14.4 Å². The molecule has 0 saturated carbocycles. The van der Waals surface area contributed by atoms with Gasteiger partial charge >= 0.3 is 17.9 Å². The standard InChI is InChI=1S/C19H25NO8/c1-3-27-16(22)10-14(19(25)28-4-2)17(18(23)24)20-15(21)12-26-11-13-8-6-5-7-9-13/h5-9,14,17H,3-4,10-12H2,1-2H3,(H,20,21)(H,23,24)/t14-,17-/m0/s1. The monoisotopic (exact) mass is 395 g/mol. The SMILES string of the molecule is CCOC(=O)C[C@H](C(=O)OCC)[C@H](NC(=O)COCc1ccccc1)C(=O)O. The van der Waals surface area contributed by atoms with Gasteiger partial charge in [-0.1, -0.05) is 30.3 Å². The molecule has 0 aliphatic carbocycles. The van der Waals surface area contributed by atoms with Gasteiger partial charge in [0, 0.05) is 0 Å². The Morgan fingerprint density at radius 3 is 2.25 bits per heavy atom. The first-order chi connectivity index (χ1) is 13.4.